The van der Waals surface area contributed by atoms with E-state index in [-0.39, 0.29) is 29.5 Å². The highest BCUT2D eigenvalue weighted by atomic mass is 16.5. The first kappa shape index (κ1) is 18.3. The van der Waals surface area contributed by atoms with E-state index < -0.39 is 11.9 Å². The Kier molecular flexibility index (Phi) is 5.03. The summed E-state index contributed by atoms with van der Waals surface area (Å²) in [6, 6.07) is 10.2. The molecule has 3 rings (SSSR count). The fourth-order valence-corrected chi connectivity index (χ4v) is 2.76. The molecule has 1 saturated heterocycles. The van der Waals surface area contributed by atoms with Crippen LogP contribution in [0.5, 0.6) is 17.2 Å². The molecule has 2 aromatic carbocycles. The third-order valence-electron chi connectivity index (χ3n) is 4.24. The van der Waals surface area contributed by atoms with Gasteiger partial charge < -0.3 is 19.9 Å². The second kappa shape index (κ2) is 7.41. The lowest BCUT2D eigenvalue weighted by molar-refractivity contribution is -0.123. The van der Waals surface area contributed by atoms with Crippen LogP contribution >= 0.6 is 0 Å². The van der Waals surface area contributed by atoms with Crippen molar-refractivity contribution in [2.45, 2.75) is 13.5 Å². The number of urea groups is 1. The predicted molar refractivity (Wildman–Crippen MR) is 99.4 cm³/mol. The molecule has 0 unspecified atom stereocenters. The number of carbonyl (C=O) groups is 2. The average molecular weight is 368 g/mol. The first-order valence-electron chi connectivity index (χ1n) is 8.28. The van der Waals surface area contributed by atoms with Crippen LogP contribution in [0.4, 0.5) is 4.79 Å². The molecule has 0 bridgehead atoms. The molecule has 1 fully saturated rings. The average Bonchev–Trinajstić information content (AvgIpc) is 2.92. The summed E-state index contributed by atoms with van der Waals surface area (Å²) < 4.78 is 10.2. The van der Waals surface area contributed by atoms with Crippen molar-refractivity contribution in [3.63, 3.8) is 0 Å². The minimum Gasteiger partial charge on any atom is -0.502 e. The standard InChI is InChI=1S/C20H20N2O5/c1-12-4-6-13(7-5-12)11-22-19(24)15(21-20(22)25)8-14-9-16(26-2)18(23)17(10-14)27-3/h4-10,23H,11H2,1-3H3,(H,21,25)/b15-8+. The Balaban J connectivity index is 1.87. The molecule has 1 aliphatic rings. The number of aromatic hydroxyl groups is 1. The zero-order valence-electron chi connectivity index (χ0n) is 15.3. The van der Waals surface area contributed by atoms with Gasteiger partial charge in [0.15, 0.2) is 11.5 Å². The number of rotatable bonds is 5. The Labute approximate surface area is 156 Å². The van der Waals surface area contributed by atoms with E-state index in [1.807, 2.05) is 31.2 Å². The number of phenolic OH excluding ortho intramolecular Hbond substituents is 1. The molecule has 1 aliphatic heterocycles. The van der Waals surface area contributed by atoms with Gasteiger partial charge in [-0.3, -0.25) is 9.69 Å². The van der Waals surface area contributed by atoms with Gasteiger partial charge in [0.05, 0.1) is 20.8 Å². The molecule has 140 valence electrons. The fourth-order valence-electron chi connectivity index (χ4n) is 2.76. The van der Waals surface area contributed by atoms with Gasteiger partial charge in [0.25, 0.3) is 5.91 Å². The Hall–Kier alpha value is -3.48. The second-order valence-electron chi connectivity index (χ2n) is 6.14. The van der Waals surface area contributed by atoms with Crippen LogP contribution in [0.25, 0.3) is 6.08 Å². The number of hydrogen-bond donors (Lipinski definition) is 2. The van der Waals surface area contributed by atoms with Crippen LogP contribution in [0, 0.1) is 6.92 Å². The van der Waals surface area contributed by atoms with Gasteiger partial charge in [0, 0.05) is 0 Å². The Morgan fingerprint density at radius 3 is 2.22 bits per heavy atom. The Morgan fingerprint density at radius 1 is 1.07 bits per heavy atom. The third-order valence-corrected chi connectivity index (χ3v) is 4.24. The van der Waals surface area contributed by atoms with E-state index in [0.717, 1.165) is 16.0 Å². The number of amides is 3. The van der Waals surface area contributed by atoms with Crippen LogP contribution in [0.2, 0.25) is 0 Å². The van der Waals surface area contributed by atoms with E-state index in [4.69, 9.17) is 9.47 Å². The second-order valence-corrected chi connectivity index (χ2v) is 6.14. The summed E-state index contributed by atoms with van der Waals surface area (Å²) in [6.07, 6.45) is 1.51. The van der Waals surface area contributed by atoms with Crippen molar-refractivity contribution in [1.29, 1.82) is 0 Å². The summed E-state index contributed by atoms with van der Waals surface area (Å²) in [5.74, 6) is -0.152. The summed E-state index contributed by atoms with van der Waals surface area (Å²) >= 11 is 0. The van der Waals surface area contributed by atoms with E-state index in [9.17, 15) is 14.7 Å². The molecule has 2 N–H and O–H groups in total. The summed E-state index contributed by atoms with van der Waals surface area (Å²) in [7, 11) is 2.83. The molecule has 3 amide bonds. The zero-order valence-corrected chi connectivity index (χ0v) is 15.3. The number of hydrogen-bond acceptors (Lipinski definition) is 5. The summed E-state index contributed by atoms with van der Waals surface area (Å²) in [6.45, 7) is 2.16. The van der Waals surface area contributed by atoms with Gasteiger partial charge in [-0.15, -0.1) is 0 Å². The summed E-state index contributed by atoms with van der Waals surface area (Å²) in [5.41, 5.74) is 2.65. The van der Waals surface area contributed by atoms with Crippen molar-refractivity contribution in [2.75, 3.05) is 14.2 Å². The van der Waals surface area contributed by atoms with E-state index in [2.05, 4.69) is 5.32 Å². The number of benzene rings is 2. The summed E-state index contributed by atoms with van der Waals surface area (Å²) in [5, 5.41) is 12.6. The van der Waals surface area contributed by atoms with Gasteiger partial charge >= 0.3 is 6.03 Å². The van der Waals surface area contributed by atoms with E-state index in [1.54, 1.807) is 12.1 Å². The van der Waals surface area contributed by atoms with E-state index in [0.29, 0.717) is 5.56 Å². The number of ether oxygens (including phenoxy) is 2. The highest BCUT2D eigenvalue weighted by molar-refractivity contribution is 6.13. The number of nitrogens with zero attached hydrogens (tertiary/aromatic N) is 1. The number of aryl methyl sites for hydroxylation is 1. The van der Waals surface area contributed by atoms with Crippen LogP contribution in [0.15, 0.2) is 42.1 Å². The van der Waals surface area contributed by atoms with Gasteiger partial charge in [-0.05, 0) is 36.3 Å². The molecule has 0 spiro atoms. The summed E-state index contributed by atoms with van der Waals surface area (Å²) in [4.78, 5) is 26.0. The normalized spacial score (nSPS) is 15.2. The zero-order chi connectivity index (χ0) is 19.6. The molecule has 0 atom stereocenters. The van der Waals surface area contributed by atoms with E-state index >= 15 is 0 Å². The maximum atomic E-state index is 12.6. The van der Waals surface area contributed by atoms with Crippen LogP contribution < -0.4 is 14.8 Å². The molecule has 0 aromatic heterocycles. The van der Waals surface area contributed by atoms with Crippen molar-refractivity contribution in [1.82, 2.24) is 10.2 Å². The Morgan fingerprint density at radius 2 is 1.67 bits per heavy atom. The van der Waals surface area contributed by atoms with Gasteiger partial charge in [0.2, 0.25) is 5.75 Å². The maximum absolute atomic E-state index is 12.6. The molecule has 7 heteroatoms. The van der Waals surface area contributed by atoms with Crippen molar-refractivity contribution in [2.24, 2.45) is 0 Å². The number of imide groups is 1. The van der Waals surface area contributed by atoms with E-state index in [1.165, 1.54) is 20.3 Å². The molecular formula is C20H20N2O5. The van der Waals surface area contributed by atoms with Gasteiger partial charge in [-0.2, -0.15) is 0 Å². The minimum atomic E-state index is -0.482. The highest BCUT2D eigenvalue weighted by Crippen LogP contribution is 2.37. The van der Waals surface area contributed by atoms with Crippen molar-refractivity contribution < 1.29 is 24.2 Å². The topological polar surface area (TPSA) is 88.1 Å². The molecule has 2 aromatic rings. The number of methoxy groups -OCH3 is 2. The third kappa shape index (κ3) is 3.72. The largest absolute Gasteiger partial charge is 0.502 e. The molecule has 0 radical (unpaired) electrons. The first-order chi connectivity index (χ1) is 12.9. The van der Waals surface area contributed by atoms with Crippen LogP contribution in [-0.2, 0) is 11.3 Å². The molecule has 0 aliphatic carbocycles. The number of carbonyl (C=O) groups excluding carboxylic acids is 2. The lowest BCUT2D eigenvalue weighted by atomic mass is 10.1. The fraction of sp³-hybridized carbons (Fsp3) is 0.200. The molecule has 0 saturated carbocycles. The molecular weight excluding hydrogens is 348 g/mol. The lowest BCUT2D eigenvalue weighted by Gasteiger charge is -2.12. The molecule has 27 heavy (non-hydrogen) atoms. The predicted octanol–water partition coefficient (Wildman–Crippen LogP) is 2.81. The number of nitrogens with one attached hydrogen (secondary N) is 1. The Bertz CT molecular complexity index is 893. The number of phenols is 1. The van der Waals surface area contributed by atoms with Crippen LogP contribution in [0.3, 0.4) is 0 Å². The molecule has 7 nitrogen and oxygen atoms in total. The monoisotopic (exact) mass is 368 g/mol. The molecule has 1 heterocycles. The maximum Gasteiger partial charge on any atom is 0.329 e. The van der Waals surface area contributed by atoms with Gasteiger partial charge in [0.1, 0.15) is 5.70 Å². The quantitative estimate of drug-likeness (QED) is 0.626. The van der Waals surface area contributed by atoms with Gasteiger partial charge in [-0.25, -0.2) is 4.79 Å². The SMILES string of the molecule is COc1cc(/C=C2/NC(=O)N(Cc3ccc(C)cc3)C2=O)cc(OC)c1O. The smallest absolute Gasteiger partial charge is 0.329 e. The van der Waals surface area contributed by atoms with Crippen LogP contribution in [0.1, 0.15) is 16.7 Å². The van der Waals surface area contributed by atoms with Crippen LogP contribution in [-0.4, -0.2) is 36.2 Å². The van der Waals surface area contributed by atoms with Crippen molar-refractivity contribution in [3.8, 4) is 17.2 Å². The first-order valence-corrected chi connectivity index (χ1v) is 8.28. The highest BCUT2D eigenvalue weighted by Gasteiger charge is 2.33. The minimum absolute atomic E-state index is 0.134. The van der Waals surface area contributed by atoms with Crippen molar-refractivity contribution in [3.05, 3.63) is 58.8 Å². The van der Waals surface area contributed by atoms with Crippen molar-refractivity contribution >= 4 is 18.0 Å². The lowest BCUT2D eigenvalue weighted by Crippen LogP contribution is -2.30. The van der Waals surface area contributed by atoms with Gasteiger partial charge in [-0.1, -0.05) is 29.8 Å².